The Morgan fingerprint density at radius 2 is 1.31 bits per heavy atom. The van der Waals surface area contributed by atoms with Gasteiger partial charge >= 0.3 is 0 Å². The number of aromatic amines is 1. The second kappa shape index (κ2) is 11.3. The molecule has 42 heavy (non-hydrogen) atoms. The van der Waals surface area contributed by atoms with Crippen LogP contribution in [0.3, 0.4) is 0 Å². The van der Waals surface area contributed by atoms with Crippen molar-refractivity contribution < 1.29 is 8.42 Å². The topological polar surface area (TPSA) is 236 Å². The number of rotatable bonds is 7. The molecule has 6 rings (SSSR count). The summed E-state index contributed by atoms with van der Waals surface area (Å²) < 4.78 is 28.7. The van der Waals surface area contributed by atoms with E-state index in [1.807, 2.05) is 9.80 Å². The summed E-state index contributed by atoms with van der Waals surface area (Å²) in [6.45, 7) is 2.23. The number of H-pyrrole nitrogens is 1. The van der Waals surface area contributed by atoms with Gasteiger partial charge in [-0.2, -0.15) is 20.1 Å². The van der Waals surface area contributed by atoms with Crippen molar-refractivity contribution in [3.8, 4) is 0 Å². The van der Waals surface area contributed by atoms with E-state index in [2.05, 4.69) is 30.2 Å². The maximum absolute atomic E-state index is 13.1. The largest absolute Gasteiger partial charge is 0.338 e. The van der Waals surface area contributed by atoms with Crippen LogP contribution in [0, 0.1) is 0 Å². The Bertz CT molecular complexity index is 1600. The van der Waals surface area contributed by atoms with Gasteiger partial charge in [-0.25, -0.2) is 8.42 Å². The van der Waals surface area contributed by atoms with Gasteiger partial charge in [-0.05, 0) is 55.3 Å². The average Bonchev–Trinajstić information content (AvgIpc) is 3.40. The first kappa shape index (κ1) is 28.0. The van der Waals surface area contributed by atoms with E-state index >= 15 is 0 Å². The first-order valence-corrected chi connectivity index (χ1v) is 15.2. The number of fused-ring (bicyclic) bond motifs is 1. The van der Waals surface area contributed by atoms with Crippen LogP contribution in [0.15, 0.2) is 53.6 Å². The lowest BCUT2D eigenvalue weighted by Gasteiger charge is -2.37. The van der Waals surface area contributed by atoms with Crippen LogP contribution < -0.4 is 42.8 Å². The molecule has 16 heteroatoms. The number of sulfonamides is 1. The minimum absolute atomic E-state index is 0.102. The number of piperidine rings is 2. The second-order valence-electron chi connectivity index (χ2n) is 11.0. The summed E-state index contributed by atoms with van der Waals surface area (Å²) in [6.07, 6.45) is 3.07. The van der Waals surface area contributed by atoms with Crippen molar-refractivity contribution in [1.29, 1.82) is 0 Å². The molecule has 0 radical (unpaired) electrons. The lowest BCUT2D eigenvalue weighted by atomic mass is 10.0. The number of benzene rings is 2. The molecule has 4 aromatic rings. The highest BCUT2D eigenvalue weighted by atomic mass is 32.2. The fourth-order valence-corrected chi connectivity index (χ4v) is 6.49. The molecule has 4 heterocycles. The first-order valence-electron chi connectivity index (χ1n) is 13.7. The van der Waals surface area contributed by atoms with Crippen LogP contribution in [0.25, 0.3) is 10.9 Å². The minimum atomic E-state index is -3.83. The van der Waals surface area contributed by atoms with E-state index in [1.165, 1.54) is 12.1 Å². The second-order valence-corrected chi connectivity index (χ2v) is 12.7. The van der Waals surface area contributed by atoms with Crippen molar-refractivity contribution in [2.75, 3.05) is 46.0 Å². The molecule has 0 saturated carbocycles. The summed E-state index contributed by atoms with van der Waals surface area (Å²) in [5.74, 6) is 1.18. The zero-order valence-electron chi connectivity index (χ0n) is 22.9. The molecule has 0 spiro atoms. The van der Waals surface area contributed by atoms with Gasteiger partial charge in [0.05, 0.1) is 16.6 Å². The zero-order chi connectivity index (χ0) is 29.4. The predicted octanol–water partition coefficient (Wildman–Crippen LogP) is 0.0217. The Morgan fingerprint density at radius 3 is 1.88 bits per heavy atom. The van der Waals surface area contributed by atoms with E-state index in [1.54, 1.807) is 36.5 Å². The van der Waals surface area contributed by atoms with Crippen LogP contribution in [0.5, 0.6) is 0 Å². The maximum atomic E-state index is 13.1. The molecule has 2 aliphatic heterocycles. The number of hydrogen-bond acceptors (Lipinski definition) is 13. The molecule has 2 fully saturated rings. The fourth-order valence-electron chi connectivity index (χ4n) is 5.44. The van der Waals surface area contributed by atoms with Gasteiger partial charge in [0.1, 0.15) is 0 Å². The van der Waals surface area contributed by atoms with Gasteiger partial charge in [-0.1, -0.05) is 0 Å². The Kier molecular flexibility index (Phi) is 7.54. The molecule has 2 aliphatic rings. The van der Waals surface area contributed by atoms with E-state index in [0.29, 0.717) is 49.5 Å². The molecule has 0 unspecified atom stereocenters. The van der Waals surface area contributed by atoms with Gasteiger partial charge in [0.2, 0.25) is 17.8 Å². The highest BCUT2D eigenvalue weighted by Gasteiger charge is 2.29. The lowest BCUT2D eigenvalue weighted by molar-refractivity contribution is 0.441. The Labute approximate surface area is 243 Å². The van der Waals surface area contributed by atoms with Crippen LogP contribution >= 0.6 is 0 Å². The fraction of sp³-hybridized carbons (Fsp3) is 0.385. The Hall–Kier alpha value is -4.09. The van der Waals surface area contributed by atoms with Gasteiger partial charge in [0.25, 0.3) is 10.0 Å². The number of hydrogen-bond donors (Lipinski definition) is 7. The molecule has 0 amide bonds. The molecular weight excluding hydrogens is 558 g/mol. The third-order valence-electron chi connectivity index (χ3n) is 7.32. The maximum Gasteiger partial charge on any atom is 0.261 e. The Morgan fingerprint density at radius 1 is 0.762 bits per heavy atom. The summed E-state index contributed by atoms with van der Waals surface area (Å²) in [7, 11) is -3.83. The third kappa shape index (κ3) is 6.22. The van der Waals surface area contributed by atoms with Crippen molar-refractivity contribution in [1.82, 2.24) is 25.1 Å². The normalized spacial score (nSPS) is 23.2. The highest BCUT2D eigenvalue weighted by Crippen LogP contribution is 2.25. The third-order valence-corrected chi connectivity index (χ3v) is 8.72. The van der Waals surface area contributed by atoms with E-state index in [9.17, 15) is 8.42 Å². The zero-order valence-corrected chi connectivity index (χ0v) is 23.7. The number of nitrogens with zero attached hydrogens (tertiary/aromatic N) is 6. The van der Waals surface area contributed by atoms with Crippen LogP contribution in [0.2, 0.25) is 0 Å². The van der Waals surface area contributed by atoms with E-state index in [0.717, 1.165) is 23.7 Å². The van der Waals surface area contributed by atoms with Crippen molar-refractivity contribution in [3.63, 3.8) is 0 Å². The molecule has 4 atom stereocenters. The number of anilines is 5. The molecule has 2 aromatic carbocycles. The quantitative estimate of drug-likeness (QED) is 0.150. The SMILES string of the molecule is N[C@@H]1C[C@H](N)CN(c2nc(Nc3ccc(S(=O)(=O)Nc4ccc5[nH]ncc5c4)cc3)nc(N3C[C@H](N)C[C@H](N)C3)n2)C1. The molecule has 222 valence electrons. The van der Waals surface area contributed by atoms with Crippen LogP contribution in [0.1, 0.15) is 12.8 Å². The van der Waals surface area contributed by atoms with Crippen LogP contribution in [-0.4, -0.2) is 83.9 Å². The van der Waals surface area contributed by atoms with Gasteiger partial charge in [0, 0.05) is 67.1 Å². The van der Waals surface area contributed by atoms with Crippen molar-refractivity contribution >= 4 is 50.1 Å². The molecule has 0 aliphatic carbocycles. The summed E-state index contributed by atoms with van der Waals surface area (Å²) in [4.78, 5) is 18.1. The van der Waals surface area contributed by atoms with Crippen molar-refractivity contribution in [2.45, 2.75) is 41.9 Å². The number of nitrogens with two attached hydrogens (primary N) is 4. The summed E-state index contributed by atoms with van der Waals surface area (Å²) in [6, 6.07) is 11.1. The van der Waals surface area contributed by atoms with E-state index in [4.69, 9.17) is 27.9 Å². The lowest BCUT2D eigenvalue weighted by Crippen LogP contribution is -2.54. The van der Waals surface area contributed by atoms with Gasteiger partial charge < -0.3 is 38.1 Å². The van der Waals surface area contributed by atoms with Crippen LogP contribution in [0.4, 0.5) is 29.2 Å². The standard InChI is InChI=1S/C26H35N13O2S/c27-16-8-17(28)12-38(11-16)25-33-24(34-26(35-25)39-13-18(29)9-19(30)14-39)32-20-1-4-22(5-2-20)42(40,41)37-21-3-6-23-15(7-21)10-31-36-23/h1-7,10,16-19,37H,8-9,11-14,27-30H2,(H,31,36)(H,32,33,34,35)/t16-,17+,18-,19+. The molecule has 0 bridgehead atoms. The smallest absolute Gasteiger partial charge is 0.261 e. The van der Waals surface area contributed by atoms with Crippen LogP contribution in [-0.2, 0) is 10.0 Å². The Balaban J connectivity index is 1.24. The van der Waals surface area contributed by atoms with Crippen molar-refractivity contribution in [3.05, 3.63) is 48.7 Å². The molecule has 2 aromatic heterocycles. The first-order chi connectivity index (χ1) is 20.1. The molecule has 11 N–H and O–H groups in total. The monoisotopic (exact) mass is 593 g/mol. The van der Waals surface area contributed by atoms with E-state index < -0.39 is 10.0 Å². The molecular formula is C26H35N13O2S. The predicted molar refractivity (Wildman–Crippen MR) is 162 cm³/mol. The average molecular weight is 594 g/mol. The summed E-state index contributed by atoms with van der Waals surface area (Å²) >= 11 is 0. The van der Waals surface area contributed by atoms with Gasteiger partial charge in [-0.15, -0.1) is 0 Å². The van der Waals surface area contributed by atoms with Gasteiger partial charge in [0.15, 0.2) is 0 Å². The summed E-state index contributed by atoms with van der Waals surface area (Å²) in [5, 5.41) is 10.8. The van der Waals surface area contributed by atoms with Gasteiger partial charge in [-0.3, -0.25) is 9.82 Å². The molecule has 2 saturated heterocycles. The summed E-state index contributed by atoms with van der Waals surface area (Å²) in [5.41, 5.74) is 26.8. The molecule has 15 nitrogen and oxygen atoms in total. The number of nitrogens with one attached hydrogen (secondary N) is 3. The van der Waals surface area contributed by atoms with E-state index in [-0.39, 0.29) is 35.0 Å². The van der Waals surface area contributed by atoms with Crippen molar-refractivity contribution in [2.24, 2.45) is 22.9 Å². The minimum Gasteiger partial charge on any atom is -0.338 e. The highest BCUT2D eigenvalue weighted by molar-refractivity contribution is 7.92. The number of aromatic nitrogens is 5.